The second-order valence-corrected chi connectivity index (χ2v) is 5.87. The lowest BCUT2D eigenvalue weighted by Crippen LogP contribution is -2.09. The van der Waals surface area contributed by atoms with E-state index in [0.29, 0.717) is 29.2 Å². The van der Waals surface area contributed by atoms with Crippen LogP contribution in [0.4, 0.5) is 0 Å². The summed E-state index contributed by atoms with van der Waals surface area (Å²) in [5.41, 5.74) is 0.720. The standard InChI is InChI=1S/C20H21N3O6/c1-26-8-9-29-20-22-18(14-6-4-12(27-2)10-16(14)24)21-19(23-20)15-7-5-13(28-3)11-17(15)25/h4-7,10-11,24-25H,8-9H2,1-3H3. The van der Waals surface area contributed by atoms with Gasteiger partial charge in [-0.15, -0.1) is 0 Å². The highest BCUT2D eigenvalue weighted by Gasteiger charge is 2.17. The molecular formula is C20H21N3O6. The van der Waals surface area contributed by atoms with Crippen molar-refractivity contribution < 1.29 is 29.2 Å². The van der Waals surface area contributed by atoms with E-state index in [1.54, 1.807) is 31.4 Å². The van der Waals surface area contributed by atoms with Crippen LogP contribution in [0.3, 0.4) is 0 Å². The molecule has 2 N–H and O–H groups in total. The van der Waals surface area contributed by atoms with E-state index >= 15 is 0 Å². The number of aromatic hydroxyl groups is 2. The van der Waals surface area contributed by atoms with Crippen molar-refractivity contribution in [3.8, 4) is 51.8 Å². The van der Waals surface area contributed by atoms with E-state index in [9.17, 15) is 10.2 Å². The van der Waals surface area contributed by atoms with Crippen LogP contribution < -0.4 is 14.2 Å². The predicted octanol–water partition coefficient (Wildman–Crippen LogP) is 2.66. The van der Waals surface area contributed by atoms with Crippen LogP contribution in [0.1, 0.15) is 0 Å². The first-order valence-corrected chi connectivity index (χ1v) is 8.68. The molecule has 152 valence electrons. The molecule has 0 radical (unpaired) electrons. The molecule has 0 spiro atoms. The first-order chi connectivity index (χ1) is 14.0. The second-order valence-electron chi connectivity index (χ2n) is 5.87. The Kier molecular flexibility index (Phi) is 6.30. The SMILES string of the molecule is COCCOc1nc(-c2ccc(OC)cc2O)nc(-c2ccc(OC)cc2O)n1. The zero-order valence-corrected chi connectivity index (χ0v) is 16.2. The van der Waals surface area contributed by atoms with E-state index in [1.165, 1.54) is 26.4 Å². The van der Waals surface area contributed by atoms with Gasteiger partial charge in [0.2, 0.25) is 0 Å². The number of nitrogens with zero attached hydrogens (tertiary/aromatic N) is 3. The van der Waals surface area contributed by atoms with E-state index in [4.69, 9.17) is 18.9 Å². The third-order valence-electron chi connectivity index (χ3n) is 4.03. The van der Waals surface area contributed by atoms with E-state index in [-0.39, 0.29) is 35.8 Å². The van der Waals surface area contributed by atoms with Crippen LogP contribution >= 0.6 is 0 Å². The normalized spacial score (nSPS) is 10.6. The first kappa shape index (κ1) is 20.2. The zero-order chi connectivity index (χ0) is 20.8. The van der Waals surface area contributed by atoms with Crippen LogP contribution in [0, 0.1) is 0 Å². The second kappa shape index (κ2) is 9.07. The van der Waals surface area contributed by atoms with E-state index < -0.39 is 0 Å². The fraction of sp³-hybridized carbons (Fsp3) is 0.250. The van der Waals surface area contributed by atoms with Crippen molar-refractivity contribution in [3.63, 3.8) is 0 Å². The predicted molar refractivity (Wildman–Crippen MR) is 105 cm³/mol. The van der Waals surface area contributed by atoms with Gasteiger partial charge in [-0.3, -0.25) is 0 Å². The first-order valence-electron chi connectivity index (χ1n) is 8.68. The van der Waals surface area contributed by atoms with Crippen LogP contribution in [-0.2, 0) is 4.74 Å². The van der Waals surface area contributed by atoms with Gasteiger partial charge in [0, 0.05) is 19.2 Å². The molecule has 29 heavy (non-hydrogen) atoms. The molecule has 1 heterocycles. The van der Waals surface area contributed by atoms with Gasteiger partial charge in [-0.1, -0.05) is 0 Å². The highest BCUT2D eigenvalue weighted by atomic mass is 16.5. The van der Waals surface area contributed by atoms with Gasteiger partial charge < -0.3 is 29.2 Å². The molecule has 0 amide bonds. The Labute approximate surface area is 167 Å². The number of aromatic nitrogens is 3. The number of benzene rings is 2. The summed E-state index contributed by atoms with van der Waals surface area (Å²) in [7, 11) is 4.56. The van der Waals surface area contributed by atoms with Crippen LogP contribution in [0.2, 0.25) is 0 Å². The number of hydrogen-bond acceptors (Lipinski definition) is 9. The highest BCUT2D eigenvalue weighted by Crippen LogP contribution is 2.34. The molecule has 0 aliphatic rings. The third kappa shape index (κ3) is 4.64. The fourth-order valence-electron chi connectivity index (χ4n) is 2.53. The number of methoxy groups -OCH3 is 3. The van der Waals surface area contributed by atoms with Crippen molar-refractivity contribution in [2.24, 2.45) is 0 Å². The van der Waals surface area contributed by atoms with Crippen molar-refractivity contribution in [2.45, 2.75) is 0 Å². The number of ether oxygens (including phenoxy) is 4. The van der Waals surface area contributed by atoms with Gasteiger partial charge in [0.25, 0.3) is 0 Å². The maximum atomic E-state index is 10.4. The molecule has 3 aromatic rings. The number of hydrogen-bond donors (Lipinski definition) is 2. The van der Waals surface area contributed by atoms with Crippen LogP contribution in [0.15, 0.2) is 36.4 Å². The minimum atomic E-state index is -0.0664. The Morgan fingerprint density at radius 2 is 1.24 bits per heavy atom. The highest BCUT2D eigenvalue weighted by molar-refractivity contribution is 5.70. The Balaban J connectivity index is 2.09. The molecule has 0 fully saturated rings. The summed E-state index contributed by atoms with van der Waals surface area (Å²) >= 11 is 0. The van der Waals surface area contributed by atoms with E-state index in [2.05, 4.69) is 15.0 Å². The zero-order valence-electron chi connectivity index (χ0n) is 16.2. The van der Waals surface area contributed by atoms with Crippen molar-refractivity contribution >= 4 is 0 Å². The minimum absolute atomic E-state index is 0.0347. The molecule has 0 unspecified atom stereocenters. The maximum Gasteiger partial charge on any atom is 0.320 e. The molecule has 0 aliphatic heterocycles. The van der Waals surface area contributed by atoms with Gasteiger partial charge in [-0.25, -0.2) is 4.98 Å². The lowest BCUT2D eigenvalue weighted by atomic mass is 10.1. The summed E-state index contributed by atoms with van der Waals surface area (Å²) in [5.74, 6) is 1.21. The van der Waals surface area contributed by atoms with E-state index in [1.807, 2.05) is 0 Å². The quantitative estimate of drug-likeness (QED) is 0.551. The van der Waals surface area contributed by atoms with Crippen molar-refractivity contribution in [1.29, 1.82) is 0 Å². The molecule has 0 bridgehead atoms. The Morgan fingerprint density at radius 1 is 0.724 bits per heavy atom. The lowest BCUT2D eigenvalue weighted by molar-refractivity contribution is 0.141. The molecule has 9 nitrogen and oxygen atoms in total. The Hall–Kier alpha value is -3.59. The average Bonchev–Trinajstić information content (AvgIpc) is 2.73. The molecule has 3 rings (SSSR count). The monoisotopic (exact) mass is 399 g/mol. The molecule has 2 aromatic carbocycles. The lowest BCUT2D eigenvalue weighted by Gasteiger charge is -2.11. The summed E-state index contributed by atoms with van der Waals surface area (Å²) in [6.07, 6.45) is 0. The van der Waals surface area contributed by atoms with Crippen LogP contribution in [-0.4, -0.2) is 59.7 Å². The minimum Gasteiger partial charge on any atom is -0.507 e. The number of rotatable bonds is 8. The molecular weight excluding hydrogens is 378 g/mol. The third-order valence-corrected chi connectivity index (χ3v) is 4.03. The van der Waals surface area contributed by atoms with Gasteiger partial charge in [-0.05, 0) is 24.3 Å². The average molecular weight is 399 g/mol. The van der Waals surface area contributed by atoms with Crippen molar-refractivity contribution in [1.82, 2.24) is 15.0 Å². The van der Waals surface area contributed by atoms with E-state index in [0.717, 1.165) is 0 Å². The largest absolute Gasteiger partial charge is 0.507 e. The summed E-state index contributed by atoms with van der Waals surface area (Å²) in [6, 6.07) is 9.54. The molecule has 1 aromatic heterocycles. The summed E-state index contributed by atoms with van der Waals surface area (Å²) in [4.78, 5) is 12.9. The summed E-state index contributed by atoms with van der Waals surface area (Å²) < 4.78 is 20.7. The molecule has 0 saturated heterocycles. The van der Waals surface area contributed by atoms with Gasteiger partial charge in [0.05, 0.1) is 32.0 Å². The molecule has 0 atom stereocenters. The number of phenolic OH excluding ortho intramolecular Hbond substituents is 2. The van der Waals surface area contributed by atoms with Crippen LogP contribution in [0.5, 0.6) is 29.0 Å². The Morgan fingerprint density at radius 3 is 1.66 bits per heavy atom. The topological polar surface area (TPSA) is 116 Å². The smallest absolute Gasteiger partial charge is 0.320 e. The fourth-order valence-corrected chi connectivity index (χ4v) is 2.53. The summed E-state index contributed by atoms with van der Waals surface area (Å²) in [6.45, 7) is 0.570. The van der Waals surface area contributed by atoms with Crippen molar-refractivity contribution in [2.75, 3.05) is 34.5 Å². The summed E-state index contributed by atoms with van der Waals surface area (Å²) in [5, 5.41) is 20.7. The maximum absolute atomic E-state index is 10.4. The molecule has 0 saturated carbocycles. The van der Waals surface area contributed by atoms with Crippen molar-refractivity contribution in [3.05, 3.63) is 36.4 Å². The van der Waals surface area contributed by atoms with Gasteiger partial charge in [0.1, 0.15) is 29.6 Å². The van der Waals surface area contributed by atoms with Gasteiger partial charge in [-0.2, -0.15) is 9.97 Å². The molecule has 0 aliphatic carbocycles. The molecule has 9 heteroatoms. The Bertz CT molecular complexity index is 924. The van der Waals surface area contributed by atoms with Crippen LogP contribution in [0.25, 0.3) is 22.8 Å². The number of phenols is 2. The van der Waals surface area contributed by atoms with Gasteiger partial charge in [0.15, 0.2) is 11.6 Å². The van der Waals surface area contributed by atoms with Gasteiger partial charge >= 0.3 is 6.01 Å².